The molecule has 0 aliphatic heterocycles. The highest BCUT2D eigenvalue weighted by Gasteiger charge is 2.05. The first-order valence-electron chi connectivity index (χ1n) is 5.23. The Hall–Kier alpha value is -1.76. The van der Waals surface area contributed by atoms with Crippen LogP contribution in [-0.4, -0.2) is 13.2 Å². The highest BCUT2D eigenvalue weighted by molar-refractivity contribution is 5.47. The van der Waals surface area contributed by atoms with Crippen molar-refractivity contribution in [3.8, 4) is 11.8 Å². The molecule has 86 valence electrons. The average Bonchev–Trinajstić information content (AvgIpc) is 2.29. The summed E-state index contributed by atoms with van der Waals surface area (Å²) in [4.78, 5) is 0. The molecular formula is C12H15FN2O. The van der Waals surface area contributed by atoms with Crippen LogP contribution in [0.15, 0.2) is 18.2 Å². The Morgan fingerprint density at radius 3 is 2.88 bits per heavy atom. The summed E-state index contributed by atoms with van der Waals surface area (Å²) in [5.41, 5.74) is 0.656. The number of nitrogens with one attached hydrogen (secondary N) is 1. The molecule has 0 radical (unpaired) electrons. The van der Waals surface area contributed by atoms with Crippen molar-refractivity contribution in [3.05, 3.63) is 24.0 Å². The number of benzene rings is 1. The number of halogens is 1. The van der Waals surface area contributed by atoms with Crippen molar-refractivity contribution >= 4 is 5.69 Å². The van der Waals surface area contributed by atoms with Crippen molar-refractivity contribution in [3.63, 3.8) is 0 Å². The topological polar surface area (TPSA) is 45.0 Å². The number of hydrogen-bond donors (Lipinski definition) is 1. The highest BCUT2D eigenvalue weighted by Crippen LogP contribution is 2.21. The lowest BCUT2D eigenvalue weighted by molar-refractivity contribution is 0.321. The molecule has 1 aromatic rings. The van der Waals surface area contributed by atoms with Crippen molar-refractivity contribution in [2.75, 3.05) is 18.5 Å². The van der Waals surface area contributed by atoms with Crippen molar-refractivity contribution < 1.29 is 9.13 Å². The molecule has 0 heterocycles. The summed E-state index contributed by atoms with van der Waals surface area (Å²) in [7, 11) is 0. The molecular weight excluding hydrogens is 207 g/mol. The standard InChI is InChI=1S/C12H15FN2O/c1-3-16-12-5-4-10(6-11(12)13)15-8-9(2)7-14/h4-6,9,15H,3,8H2,1-2H3. The van der Waals surface area contributed by atoms with E-state index in [1.54, 1.807) is 26.0 Å². The molecule has 0 amide bonds. The molecule has 1 N–H and O–H groups in total. The maximum Gasteiger partial charge on any atom is 0.167 e. The third-order valence-electron chi connectivity index (χ3n) is 2.06. The van der Waals surface area contributed by atoms with Gasteiger partial charge in [0, 0.05) is 18.3 Å². The van der Waals surface area contributed by atoms with Crippen LogP contribution in [0.2, 0.25) is 0 Å². The number of rotatable bonds is 5. The van der Waals surface area contributed by atoms with E-state index in [2.05, 4.69) is 11.4 Å². The summed E-state index contributed by atoms with van der Waals surface area (Å²) >= 11 is 0. The van der Waals surface area contributed by atoms with Crippen LogP contribution < -0.4 is 10.1 Å². The van der Waals surface area contributed by atoms with E-state index in [0.29, 0.717) is 18.8 Å². The molecule has 1 atom stereocenters. The molecule has 3 nitrogen and oxygen atoms in total. The van der Waals surface area contributed by atoms with E-state index in [1.165, 1.54) is 6.07 Å². The predicted molar refractivity (Wildman–Crippen MR) is 60.8 cm³/mol. The zero-order chi connectivity index (χ0) is 12.0. The zero-order valence-electron chi connectivity index (χ0n) is 9.46. The monoisotopic (exact) mass is 222 g/mol. The molecule has 0 saturated carbocycles. The molecule has 0 aliphatic rings. The van der Waals surface area contributed by atoms with Gasteiger partial charge in [0.1, 0.15) is 0 Å². The Balaban J connectivity index is 2.63. The molecule has 1 rings (SSSR count). The maximum atomic E-state index is 13.4. The molecule has 1 aromatic carbocycles. The number of nitriles is 1. The van der Waals surface area contributed by atoms with Crippen LogP contribution in [0.4, 0.5) is 10.1 Å². The molecule has 16 heavy (non-hydrogen) atoms. The zero-order valence-corrected chi connectivity index (χ0v) is 9.46. The number of hydrogen-bond acceptors (Lipinski definition) is 3. The first-order valence-corrected chi connectivity index (χ1v) is 5.23. The summed E-state index contributed by atoms with van der Waals surface area (Å²) in [6.07, 6.45) is 0. The van der Waals surface area contributed by atoms with Crippen LogP contribution >= 0.6 is 0 Å². The fraction of sp³-hybridized carbons (Fsp3) is 0.417. The summed E-state index contributed by atoms with van der Waals surface area (Å²) < 4.78 is 18.5. The van der Waals surface area contributed by atoms with Crippen LogP contribution in [0.3, 0.4) is 0 Å². The van der Waals surface area contributed by atoms with Crippen LogP contribution in [0, 0.1) is 23.1 Å². The quantitative estimate of drug-likeness (QED) is 0.833. The van der Waals surface area contributed by atoms with E-state index in [1.807, 2.05) is 0 Å². The molecule has 0 aliphatic carbocycles. The minimum absolute atomic E-state index is 0.102. The van der Waals surface area contributed by atoms with Gasteiger partial charge in [-0.3, -0.25) is 0 Å². The van der Waals surface area contributed by atoms with Gasteiger partial charge in [0.15, 0.2) is 11.6 Å². The first-order chi connectivity index (χ1) is 7.67. The molecule has 0 bridgehead atoms. The molecule has 0 saturated heterocycles. The van der Waals surface area contributed by atoms with Crippen molar-refractivity contribution in [2.24, 2.45) is 5.92 Å². The normalized spacial score (nSPS) is 11.6. The summed E-state index contributed by atoms with van der Waals surface area (Å²) in [6.45, 7) is 4.55. The van der Waals surface area contributed by atoms with Crippen molar-refractivity contribution in [1.29, 1.82) is 5.26 Å². The van der Waals surface area contributed by atoms with Gasteiger partial charge < -0.3 is 10.1 Å². The molecule has 1 unspecified atom stereocenters. The van der Waals surface area contributed by atoms with E-state index in [-0.39, 0.29) is 11.7 Å². The van der Waals surface area contributed by atoms with Crippen LogP contribution in [0.25, 0.3) is 0 Å². The van der Waals surface area contributed by atoms with Crippen molar-refractivity contribution in [2.45, 2.75) is 13.8 Å². The second-order valence-corrected chi connectivity index (χ2v) is 3.49. The van der Waals surface area contributed by atoms with E-state index in [4.69, 9.17) is 10.00 Å². The smallest absolute Gasteiger partial charge is 0.167 e. The van der Waals surface area contributed by atoms with E-state index in [0.717, 1.165) is 0 Å². The van der Waals surface area contributed by atoms with Gasteiger partial charge in [-0.05, 0) is 26.0 Å². The third kappa shape index (κ3) is 3.43. The Morgan fingerprint density at radius 1 is 1.56 bits per heavy atom. The lowest BCUT2D eigenvalue weighted by atomic mass is 10.2. The van der Waals surface area contributed by atoms with Gasteiger partial charge >= 0.3 is 0 Å². The van der Waals surface area contributed by atoms with E-state index >= 15 is 0 Å². The second kappa shape index (κ2) is 5.96. The number of nitrogens with zero attached hydrogens (tertiary/aromatic N) is 1. The second-order valence-electron chi connectivity index (χ2n) is 3.49. The largest absolute Gasteiger partial charge is 0.491 e. The van der Waals surface area contributed by atoms with Gasteiger partial charge in [-0.15, -0.1) is 0 Å². The minimum Gasteiger partial charge on any atom is -0.491 e. The summed E-state index contributed by atoms with van der Waals surface area (Å²) in [5, 5.41) is 11.6. The first kappa shape index (κ1) is 12.3. The average molecular weight is 222 g/mol. The van der Waals surface area contributed by atoms with Gasteiger partial charge in [-0.1, -0.05) is 0 Å². The van der Waals surface area contributed by atoms with Gasteiger partial charge in [0.25, 0.3) is 0 Å². The Morgan fingerprint density at radius 2 is 2.31 bits per heavy atom. The van der Waals surface area contributed by atoms with Gasteiger partial charge in [0.2, 0.25) is 0 Å². The minimum atomic E-state index is -0.392. The number of ether oxygens (including phenoxy) is 1. The molecule has 4 heteroatoms. The van der Waals surface area contributed by atoms with E-state index < -0.39 is 5.82 Å². The maximum absolute atomic E-state index is 13.4. The molecule has 0 aromatic heterocycles. The molecule has 0 fully saturated rings. The Bertz CT molecular complexity index is 387. The SMILES string of the molecule is CCOc1ccc(NCC(C)C#N)cc1F. The predicted octanol–water partition coefficient (Wildman–Crippen LogP) is 2.80. The van der Waals surface area contributed by atoms with Crippen LogP contribution in [0.1, 0.15) is 13.8 Å². The third-order valence-corrected chi connectivity index (χ3v) is 2.06. The van der Waals surface area contributed by atoms with Crippen LogP contribution in [-0.2, 0) is 0 Å². The summed E-state index contributed by atoms with van der Waals surface area (Å²) in [6, 6.07) is 6.79. The van der Waals surface area contributed by atoms with E-state index in [9.17, 15) is 4.39 Å². The highest BCUT2D eigenvalue weighted by atomic mass is 19.1. The number of anilines is 1. The van der Waals surface area contributed by atoms with Gasteiger partial charge in [-0.2, -0.15) is 5.26 Å². The van der Waals surface area contributed by atoms with Gasteiger partial charge in [-0.25, -0.2) is 4.39 Å². The van der Waals surface area contributed by atoms with Gasteiger partial charge in [0.05, 0.1) is 18.6 Å². The Kier molecular flexibility index (Phi) is 4.59. The lowest BCUT2D eigenvalue weighted by Crippen LogP contribution is -2.09. The van der Waals surface area contributed by atoms with Crippen molar-refractivity contribution in [1.82, 2.24) is 0 Å². The fourth-order valence-electron chi connectivity index (χ4n) is 1.20. The summed E-state index contributed by atoms with van der Waals surface area (Å²) in [5.74, 6) is -0.243. The lowest BCUT2D eigenvalue weighted by Gasteiger charge is -2.09. The van der Waals surface area contributed by atoms with Crippen LogP contribution in [0.5, 0.6) is 5.75 Å². The fourth-order valence-corrected chi connectivity index (χ4v) is 1.20. The Labute approximate surface area is 94.8 Å². The molecule has 0 spiro atoms.